The van der Waals surface area contributed by atoms with Crippen molar-refractivity contribution in [1.82, 2.24) is 4.98 Å². The lowest BCUT2D eigenvalue weighted by molar-refractivity contribution is 1.12. The molecule has 0 radical (unpaired) electrons. The van der Waals surface area contributed by atoms with Gasteiger partial charge in [-0.2, -0.15) is 0 Å². The normalized spacial score (nSPS) is 10.2. The highest BCUT2D eigenvalue weighted by molar-refractivity contribution is 5.87. The van der Waals surface area contributed by atoms with Crippen molar-refractivity contribution in [1.29, 1.82) is 0 Å². The molecular formula is C13H17ClN2. The molecule has 1 aromatic carbocycles. The van der Waals surface area contributed by atoms with E-state index in [1.165, 1.54) is 16.5 Å². The number of aryl methyl sites for hydroxylation is 3. The minimum Gasteiger partial charge on any atom is -0.383 e. The van der Waals surface area contributed by atoms with Gasteiger partial charge in [-0.05, 0) is 43.0 Å². The summed E-state index contributed by atoms with van der Waals surface area (Å²) in [6, 6.07) is 6.39. The number of nitrogen functional groups attached to an aromatic ring is 1. The molecule has 16 heavy (non-hydrogen) atoms. The van der Waals surface area contributed by atoms with E-state index in [2.05, 4.69) is 44.0 Å². The van der Waals surface area contributed by atoms with Crippen molar-refractivity contribution in [3.8, 4) is 0 Å². The number of fused-ring (bicyclic) bond motifs is 1. The first-order valence-corrected chi connectivity index (χ1v) is 5.28. The second-order valence-corrected chi connectivity index (χ2v) is 3.98. The molecule has 0 atom stereocenters. The van der Waals surface area contributed by atoms with Crippen molar-refractivity contribution in [2.24, 2.45) is 0 Å². The Bertz CT molecular complexity index is 521. The topological polar surface area (TPSA) is 38.9 Å². The Balaban J connectivity index is 0.00000128. The summed E-state index contributed by atoms with van der Waals surface area (Å²) in [5.41, 5.74) is 10.5. The zero-order chi connectivity index (χ0) is 11.0. The summed E-state index contributed by atoms with van der Waals surface area (Å²) >= 11 is 0. The average molecular weight is 237 g/mol. The van der Waals surface area contributed by atoms with Crippen molar-refractivity contribution in [2.75, 3.05) is 5.73 Å². The van der Waals surface area contributed by atoms with Crippen molar-refractivity contribution in [3.05, 3.63) is 34.9 Å². The lowest BCUT2D eigenvalue weighted by atomic mass is 10.0. The van der Waals surface area contributed by atoms with Crippen LogP contribution in [0.1, 0.15) is 23.6 Å². The van der Waals surface area contributed by atoms with Crippen molar-refractivity contribution in [3.63, 3.8) is 0 Å². The lowest BCUT2D eigenvalue weighted by Crippen LogP contribution is -1.99. The van der Waals surface area contributed by atoms with Gasteiger partial charge in [-0.25, -0.2) is 4.98 Å². The van der Waals surface area contributed by atoms with Gasteiger partial charge in [-0.15, -0.1) is 12.4 Å². The van der Waals surface area contributed by atoms with E-state index in [9.17, 15) is 0 Å². The van der Waals surface area contributed by atoms with Crippen LogP contribution >= 0.6 is 12.4 Å². The van der Waals surface area contributed by atoms with Crippen LogP contribution in [0.25, 0.3) is 10.9 Å². The zero-order valence-electron chi connectivity index (χ0n) is 9.87. The Morgan fingerprint density at radius 2 is 1.81 bits per heavy atom. The molecule has 2 aromatic rings. The van der Waals surface area contributed by atoms with Crippen molar-refractivity contribution < 1.29 is 0 Å². The van der Waals surface area contributed by atoms with Crippen LogP contribution in [-0.4, -0.2) is 4.98 Å². The first-order valence-electron chi connectivity index (χ1n) is 5.28. The summed E-state index contributed by atoms with van der Waals surface area (Å²) in [7, 11) is 0. The highest BCUT2D eigenvalue weighted by atomic mass is 35.5. The maximum Gasteiger partial charge on any atom is 0.127 e. The molecule has 1 heterocycles. The van der Waals surface area contributed by atoms with E-state index in [0.717, 1.165) is 17.5 Å². The molecular weight excluding hydrogens is 220 g/mol. The third-order valence-corrected chi connectivity index (χ3v) is 2.90. The van der Waals surface area contributed by atoms with Crippen molar-refractivity contribution in [2.45, 2.75) is 27.2 Å². The SMILES string of the molecule is CCc1cc2c(C)ccc(C)c2nc1N.Cl. The number of rotatable bonds is 1. The van der Waals surface area contributed by atoms with Gasteiger partial charge in [0.2, 0.25) is 0 Å². The van der Waals surface area contributed by atoms with E-state index < -0.39 is 0 Å². The molecule has 0 fully saturated rings. The monoisotopic (exact) mass is 236 g/mol. The number of nitrogens with zero attached hydrogens (tertiary/aromatic N) is 1. The minimum absolute atomic E-state index is 0. The molecule has 2 nitrogen and oxygen atoms in total. The summed E-state index contributed by atoms with van der Waals surface area (Å²) in [6.45, 7) is 6.28. The van der Waals surface area contributed by atoms with Gasteiger partial charge in [0.05, 0.1) is 5.52 Å². The van der Waals surface area contributed by atoms with Crippen LogP contribution in [0, 0.1) is 13.8 Å². The third kappa shape index (κ3) is 1.98. The van der Waals surface area contributed by atoms with E-state index in [1.807, 2.05) is 0 Å². The highest BCUT2D eigenvalue weighted by Crippen LogP contribution is 2.24. The van der Waals surface area contributed by atoms with Crippen LogP contribution in [0.4, 0.5) is 5.82 Å². The second kappa shape index (κ2) is 4.71. The number of hydrogen-bond donors (Lipinski definition) is 1. The summed E-state index contributed by atoms with van der Waals surface area (Å²) in [6.07, 6.45) is 0.933. The maximum atomic E-state index is 5.91. The predicted octanol–water partition coefficient (Wildman–Crippen LogP) is 3.42. The highest BCUT2D eigenvalue weighted by Gasteiger charge is 2.06. The number of aromatic nitrogens is 1. The van der Waals surface area contributed by atoms with Gasteiger partial charge in [0.1, 0.15) is 5.82 Å². The van der Waals surface area contributed by atoms with Gasteiger partial charge in [0.25, 0.3) is 0 Å². The molecule has 0 spiro atoms. The van der Waals surface area contributed by atoms with E-state index in [4.69, 9.17) is 5.73 Å². The summed E-state index contributed by atoms with van der Waals surface area (Å²) in [4.78, 5) is 4.48. The number of nitrogens with two attached hydrogens (primary N) is 1. The number of anilines is 1. The minimum atomic E-state index is 0. The standard InChI is InChI=1S/C13H16N2.ClH/c1-4-10-7-11-8(2)5-6-9(3)12(11)15-13(10)14;/h5-7H,4H2,1-3H3,(H2,14,15);1H. The summed E-state index contributed by atoms with van der Waals surface area (Å²) in [5.74, 6) is 0.665. The molecule has 0 aliphatic rings. The Morgan fingerprint density at radius 1 is 1.19 bits per heavy atom. The van der Waals surface area contributed by atoms with E-state index in [0.29, 0.717) is 5.82 Å². The Hall–Kier alpha value is -1.28. The number of pyridine rings is 1. The van der Waals surface area contributed by atoms with Gasteiger partial charge in [0, 0.05) is 5.39 Å². The average Bonchev–Trinajstić information content (AvgIpc) is 2.23. The summed E-state index contributed by atoms with van der Waals surface area (Å²) < 4.78 is 0. The molecule has 0 aliphatic heterocycles. The van der Waals surface area contributed by atoms with Gasteiger partial charge >= 0.3 is 0 Å². The van der Waals surface area contributed by atoms with Gasteiger partial charge < -0.3 is 5.73 Å². The molecule has 2 rings (SSSR count). The fourth-order valence-corrected chi connectivity index (χ4v) is 1.87. The molecule has 86 valence electrons. The van der Waals surface area contributed by atoms with Gasteiger partial charge in [0.15, 0.2) is 0 Å². The third-order valence-electron chi connectivity index (χ3n) is 2.90. The second-order valence-electron chi connectivity index (χ2n) is 3.98. The predicted molar refractivity (Wildman–Crippen MR) is 72.3 cm³/mol. The Labute approximate surface area is 102 Å². The van der Waals surface area contributed by atoms with Crippen LogP contribution in [0.5, 0.6) is 0 Å². The quantitative estimate of drug-likeness (QED) is 0.824. The van der Waals surface area contributed by atoms with E-state index in [-0.39, 0.29) is 12.4 Å². The van der Waals surface area contributed by atoms with Crippen LogP contribution in [-0.2, 0) is 6.42 Å². The van der Waals surface area contributed by atoms with Crippen LogP contribution in [0.3, 0.4) is 0 Å². The largest absolute Gasteiger partial charge is 0.383 e. The molecule has 2 N–H and O–H groups in total. The number of halogens is 1. The smallest absolute Gasteiger partial charge is 0.127 e. The molecule has 0 saturated carbocycles. The fourth-order valence-electron chi connectivity index (χ4n) is 1.87. The number of hydrogen-bond acceptors (Lipinski definition) is 2. The molecule has 0 bridgehead atoms. The molecule has 0 unspecified atom stereocenters. The van der Waals surface area contributed by atoms with Crippen LogP contribution in [0.2, 0.25) is 0 Å². The zero-order valence-corrected chi connectivity index (χ0v) is 10.7. The molecule has 1 aromatic heterocycles. The Morgan fingerprint density at radius 3 is 2.44 bits per heavy atom. The number of benzene rings is 1. The summed E-state index contributed by atoms with van der Waals surface area (Å²) in [5, 5.41) is 1.22. The van der Waals surface area contributed by atoms with Gasteiger partial charge in [-0.1, -0.05) is 19.1 Å². The van der Waals surface area contributed by atoms with E-state index >= 15 is 0 Å². The maximum absolute atomic E-state index is 5.91. The molecule has 0 amide bonds. The molecule has 3 heteroatoms. The van der Waals surface area contributed by atoms with Gasteiger partial charge in [-0.3, -0.25) is 0 Å². The van der Waals surface area contributed by atoms with E-state index in [1.54, 1.807) is 0 Å². The Kier molecular flexibility index (Phi) is 3.76. The van der Waals surface area contributed by atoms with Crippen LogP contribution < -0.4 is 5.73 Å². The van der Waals surface area contributed by atoms with Crippen molar-refractivity contribution >= 4 is 29.1 Å². The fraction of sp³-hybridized carbons (Fsp3) is 0.308. The molecule has 0 saturated heterocycles. The van der Waals surface area contributed by atoms with Crippen LogP contribution in [0.15, 0.2) is 18.2 Å². The first-order chi connectivity index (χ1) is 7.13. The first kappa shape index (κ1) is 12.8. The molecule has 0 aliphatic carbocycles. The lowest BCUT2D eigenvalue weighted by Gasteiger charge is -2.09.